The van der Waals surface area contributed by atoms with Crippen molar-refractivity contribution >= 4 is 11.5 Å². The summed E-state index contributed by atoms with van der Waals surface area (Å²) in [6.45, 7) is 5.16. The number of nitrogens with two attached hydrogens (primary N) is 1. The third-order valence-corrected chi connectivity index (χ3v) is 2.81. The third-order valence-electron chi connectivity index (χ3n) is 2.81. The molecule has 0 radical (unpaired) electrons. The van der Waals surface area contributed by atoms with Crippen LogP contribution < -0.4 is 15.8 Å². The maximum absolute atomic E-state index is 13.1. The predicted octanol–water partition coefficient (Wildman–Crippen LogP) is 3.45. The van der Waals surface area contributed by atoms with Gasteiger partial charge in [-0.2, -0.15) is 4.98 Å². The van der Waals surface area contributed by atoms with Gasteiger partial charge >= 0.3 is 0 Å². The zero-order valence-corrected chi connectivity index (χ0v) is 12.3. The molecule has 0 spiro atoms. The number of pyridine rings is 1. The number of aromatic nitrogens is 1. The second-order valence-electron chi connectivity index (χ2n) is 5.28. The summed E-state index contributed by atoms with van der Waals surface area (Å²) in [4.78, 5) is 4.33. The number of nitrogens with one attached hydrogen (secondary N) is 1. The van der Waals surface area contributed by atoms with Crippen LogP contribution in [-0.2, 0) is 6.54 Å². The van der Waals surface area contributed by atoms with Gasteiger partial charge < -0.3 is 15.8 Å². The van der Waals surface area contributed by atoms with Crippen molar-refractivity contribution in [2.75, 3.05) is 17.7 Å². The van der Waals surface area contributed by atoms with Crippen molar-refractivity contribution in [2.24, 2.45) is 5.92 Å². The summed E-state index contributed by atoms with van der Waals surface area (Å²) in [6.07, 6.45) is 0. The van der Waals surface area contributed by atoms with Crippen LogP contribution in [0.4, 0.5) is 15.9 Å². The number of anilines is 2. The lowest BCUT2D eigenvalue weighted by Crippen LogP contribution is -2.09. The van der Waals surface area contributed by atoms with Crippen LogP contribution in [0.15, 0.2) is 36.4 Å². The number of hydrogen-bond donors (Lipinski definition) is 2. The Morgan fingerprint density at radius 2 is 2.10 bits per heavy atom. The van der Waals surface area contributed by atoms with E-state index in [4.69, 9.17) is 10.5 Å². The molecule has 4 nitrogen and oxygen atoms in total. The van der Waals surface area contributed by atoms with Gasteiger partial charge in [-0.1, -0.05) is 26.0 Å². The summed E-state index contributed by atoms with van der Waals surface area (Å²) in [6, 6.07) is 9.96. The van der Waals surface area contributed by atoms with E-state index in [0.29, 0.717) is 36.5 Å². The van der Waals surface area contributed by atoms with Gasteiger partial charge in [0, 0.05) is 6.54 Å². The van der Waals surface area contributed by atoms with Crippen LogP contribution in [0, 0.1) is 11.7 Å². The van der Waals surface area contributed by atoms with E-state index in [2.05, 4.69) is 24.1 Å². The minimum atomic E-state index is -0.250. The molecule has 112 valence electrons. The van der Waals surface area contributed by atoms with Gasteiger partial charge in [0.05, 0.1) is 12.3 Å². The fourth-order valence-electron chi connectivity index (χ4n) is 1.75. The number of nitrogens with zero attached hydrogens (tertiary/aromatic N) is 1. The molecule has 0 aliphatic rings. The molecule has 0 atom stereocenters. The molecule has 0 fully saturated rings. The molecule has 2 rings (SSSR count). The van der Waals surface area contributed by atoms with Crippen LogP contribution in [-0.4, -0.2) is 11.6 Å². The Kier molecular flexibility index (Phi) is 4.98. The zero-order chi connectivity index (χ0) is 15.2. The smallest absolute Gasteiger partial charge is 0.239 e. The summed E-state index contributed by atoms with van der Waals surface area (Å²) in [5.74, 6) is 1.22. The number of benzene rings is 1. The molecule has 0 saturated carbocycles. The maximum Gasteiger partial charge on any atom is 0.239 e. The molecule has 5 heteroatoms. The Balaban J connectivity index is 2.01. The van der Waals surface area contributed by atoms with Crippen LogP contribution in [0.5, 0.6) is 5.88 Å². The number of rotatable bonds is 6. The average Bonchev–Trinajstić information content (AvgIpc) is 2.45. The Bertz CT molecular complexity index is 602. The number of nitrogen functional groups attached to an aromatic ring is 1. The lowest BCUT2D eigenvalue weighted by atomic mass is 10.2. The molecule has 0 unspecified atom stereocenters. The summed E-state index contributed by atoms with van der Waals surface area (Å²) < 4.78 is 18.7. The molecular weight excluding hydrogens is 269 g/mol. The minimum absolute atomic E-state index is 0.250. The molecule has 1 aromatic heterocycles. The van der Waals surface area contributed by atoms with Crippen molar-refractivity contribution in [1.29, 1.82) is 0 Å². The number of hydrogen-bond acceptors (Lipinski definition) is 4. The molecule has 1 heterocycles. The van der Waals surface area contributed by atoms with Crippen molar-refractivity contribution in [3.05, 3.63) is 47.8 Å². The molecule has 0 saturated heterocycles. The van der Waals surface area contributed by atoms with Crippen LogP contribution >= 0.6 is 0 Å². The average molecular weight is 289 g/mol. The first-order valence-corrected chi connectivity index (χ1v) is 6.92. The van der Waals surface area contributed by atoms with Crippen LogP contribution in [0.2, 0.25) is 0 Å². The molecule has 3 N–H and O–H groups in total. The van der Waals surface area contributed by atoms with E-state index in [-0.39, 0.29) is 5.82 Å². The first kappa shape index (κ1) is 15.1. The minimum Gasteiger partial charge on any atom is -0.476 e. The molecular formula is C16H20FN3O. The van der Waals surface area contributed by atoms with E-state index in [1.807, 2.05) is 6.07 Å². The largest absolute Gasteiger partial charge is 0.476 e. The second-order valence-corrected chi connectivity index (χ2v) is 5.28. The first-order chi connectivity index (χ1) is 10.0. The van der Waals surface area contributed by atoms with Gasteiger partial charge in [-0.15, -0.1) is 0 Å². The number of ether oxygens (including phenoxy) is 1. The Labute approximate surface area is 124 Å². The van der Waals surface area contributed by atoms with Crippen molar-refractivity contribution in [3.63, 3.8) is 0 Å². The van der Waals surface area contributed by atoms with E-state index in [9.17, 15) is 4.39 Å². The topological polar surface area (TPSA) is 60.2 Å². The van der Waals surface area contributed by atoms with Gasteiger partial charge in [0.25, 0.3) is 0 Å². The lowest BCUT2D eigenvalue weighted by molar-refractivity contribution is 0.263. The number of halogens is 1. The van der Waals surface area contributed by atoms with Crippen LogP contribution in [0.3, 0.4) is 0 Å². The highest BCUT2D eigenvalue weighted by Crippen LogP contribution is 2.21. The van der Waals surface area contributed by atoms with Crippen LogP contribution in [0.1, 0.15) is 19.4 Å². The molecule has 0 amide bonds. The van der Waals surface area contributed by atoms with Gasteiger partial charge in [0.1, 0.15) is 11.6 Å². The van der Waals surface area contributed by atoms with Gasteiger partial charge in [-0.3, -0.25) is 0 Å². The summed E-state index contributed by atoms with van der Waals surface area (Å²) in [5.41, 5.74) is 7.19. The zero-order valence-electron chi connectivity index (χ0n) is 12.3. The van der Waals surface area contributed by atoms with E-state index in [1.54, 1.807) is 18.2 Å². The van der Waals surface area contributed by atoms with Crippen molar-refractivity contribution in [3.8, 4) is 5.88 Å². The highest BCUT2D eigenvalue weighted by Gasteiger charge is 2.06. The van der Waals surface area contributed by atoms with Crippen LogP contribution in [0.25, 0.3) is 0 Å². The maximum atomic E-state index is 13.1. The third kappa shape index (κ3) is 4.63. The fraction of sp³-hybridized carbons (Fsp3) is 0.312. The summed E-state index contributed by atoms with van der Waals surface area (Å²) in [5, 5.41) is 3.13. The molecule has 0 aliphatic heterocycles. The standard InChI is InChI=1S/C16H20FN3O/c1-11(2)10-21-16-14(18)6-7-15(20-16)19-9-12-4-3-5-13(17)8-12/h3-8,11H,9-10,18H2,1-2H3,(H,19,20). The monoisotopic (exact) mass is 289 g/mol. The van der Waals surface area contributed by atoms with Crippen molar-refractivity contribution in [1.82, 2.24) is 4.98 Å². The summed E-state index contributed by atoms with van der Waals surface area (Å²) in [7, 11) is 0. The van der Waals surface area contributed by atoms with E-state index < -0.39 is 0 Å². The fourth-order valence-corrected chi connectivity index (χ4v) is 1.75. The predicted molar refractivity (Wildman–Crippen MR) is 82.7 cm³/mol. The first-order valence-electron chi connectivity index (χ1n) is 6.92. The Morgan fingerprint density at radius 1 is 1.29 bits per heavy atom. The highest BCUT2D eigenvalue weighted by molar-refractivity contribution is 5.53. The lowest BCUT2D eigenvalue weighted by Gasteiger charge is -2.12. The quantitative estimate of drug-likeness (QED) is 0.855. The molecule has 0 aliphatic carbocycles. The Morgan fingerprint density at radius 3 is 2.81 bits per heavy atom. The normalized spacial score (nSPS) is 10.7. The van der Waals surface area contributed by atoms with Gasteiger partial charge in [-0.05, 0) is 35.7 Å². The molecule has 2 aromatic rings. The van der Waals surface area contributed by atoms with Crippen molar-refractivity contribution in [2.45, 2.75) is 20.4 Å². The van der Waals surface area contributed by atoms with E-state index in [0.717, 1.165) is 5.56 Å². The summed E-state index contributed by atoms with van der Waals surface area (Å²) >= 11 is 0. The molecule has 21 heavy (non-hydrogen) atoms. The highest BCUT2D eigenvalue weighted by atomic mass is 19.1. The van der Waals surface area contributed by atoms with Gasteiger partial charge in [0.15, 0.2) is 0 Å². The van der Waals surface area contributed by atoms with Gasteiger partial charge in [-0.25, -0.2) is 4.39 Å². The van der Waals surface area contributed by atoms with E-state index in [1.165, 1.54) is 12.1 Å². The second kappa shape index (κ2) is 6.92. The van der Waals surface area contributed by atoms with Crippen molar-refractivity contribution < 1.29 is 9.13 Å². The SMILES string of the molecule is CC(C)COc1nc(NCc2cccc(F)c2)ccc1N. The van der Waals surface area contributed by atoms with Gasteiger partial charge in [0.2, 0.25) is 5.88 Å². The van der Waals surface area contributed by atoms with E-state index >= 15 is 0 Å². The molecule has 0 bridgehead atoms. The Hall–Kier alpha value is -2.30. The molecule has 1 aromatic carbocycles.